The quantitative estimate of drug-likeness (QED) is 0.369. The molecule has 1 aromatic heterocycles. The molecule has 2 rings (SSSR count). The van der Waals surface area contributed by atoms with Crippen LogP contribution in [0.15, 0.2) is 53.7 Å². The highest BCUT2D eigenvalue weighted by molar-refractivity contribution is 7.94. The van der Waals surface area contributed by atoms with Crippen molar-refractivity contribution >= 4 is 15.8 Å². The number of nitrogens with zero attached hydrogens (tertiary/aromatic N) is 1. The zero-order valence-electron chi connectivity index (χ0n) is 16.8. The fourth-order valence-electron chi connectivity index (χ4n) is 2.90. The molecule has 0 spiro atoms. The van der Waals surface area contributed by atoms with Crippen molar-refractivity contribution in [2.45, 2.75) is 55.1 Å². The van der Waals surface area contributed by atoms with Gasteiger partial charge in [0.05, 0.1) is 4.90 Å². The number of hydrogen-bond donors (Lipinski definition) is 1. The van der Waals surface area contributed by atoms with Gasteiger partial charge in [-0.3, -0.25) is 4.98 Å². The van der Waals surface area contributed by atoms with Crippen LogP contribution in [0.2, 0.25) is 0 Å². The molecule has 1 heterocycles. The van der Waals surface area contributed by atoms with Gasteiger partial charge in [0.25, 0.3) is 0 Å². The van der Waals surface area contributed by atoms with Gasteiger partial charge < -0.3 is 10.6 Å². The van der Waals surface area contributed by atoms with E-state index in [1.165, 1.54) is 12.4 Å². The number of pyridine rings is 1. The minimum atomic E-state index is -4.44. The number of aliphatic carboxylic acids is 1. The van der Waals surface area contributed by atoms with Crippen LogP contribution < -0.4 is 0 Å². The first kappa shape index (κ1) is 25.3. The third-order valence-corrected chi connectivity index (χ3v) is 6.78. The van der Waals surface area contributed by atoms with Gasteiger partial charge in [-0.05, 0) is 42.3 Å². The summed E-state index contributed by atoms with van der Waals surface area (Å²) in [5, 5.41) is 10.0. The normalized spacial score (nSPS) is 12.7. The lowest BCUT2D eigenvalue weighted by Gasteiger charge is -2.24. The van der Waals surface area contributed by atoms with Crippen molar-refractivity contribution in [3.05, 3.63) is 60.2 Å². The molecule has 0 saturated carbocycles. The van der Waals surface area contributed by atoms with Crippen LogP contribution in [0.3, 0.4) is 0 Å². The molecule has 0 saturated heterocycles. The number of halogens is 1. The van der Waals surface area contributed by atoms with Crippen LogP contribution in [0.4, 0.5) is 4.39 Å². The number of hydrogen-bond acceptors (Lipinski definition) is 4. The Morgan fingerprint density at radius 1 is 1.17 bits per heavy atom. The van der Waals surface area contributed by atoms with Crippen LogP contribution in [0.1, 0.15) is 44.6 Å². The standard InChI is InChI=1S/C22H24FNO4S.H2O/c1-2-3-4-5-6-7-14-22(21(25)26,16-18-9-8-15-24-17-18)29(27,28)20-12-10-19(23)11-13-20;/h8-13,15,17H,2-6,16H2,1H3,(H,25,26);1H2. The Bertz CT molecular complexity index is 982. The second-order valence-electron chi connectivity index (χ2n) is 6.74. The summed E-state index contributed by atoms with van der Waals surface area (Å²) in [6.07, 6.45) is 6.76. The molecule has 2 aromatic rings. The van der Waals surface area contributed by atoms with Gasteiger partial charge in [-0.1, -0.05) is 38.2 Å². The van der Waals surface area contributed by atoms with Crippen LogP contribution >= 0.6 is 0 Å². The van der Waals surface area contributed by atoms with Crippen molar-refractivity contribution in [2.24, 2.45) is 0 Å². The van der Waals surface area contributed by atoms with Crippen molar-refractivity contribution in [3.63, 3.8) is 0 Å². The molecule has 0 aliphatic rings. The summed E-state index contributed by atoms with van der Waals surface area (Å²) >= 11 is 0. The van der Waals surface area contributed by atoms with Gasteiger partial charge in [-0.15, -0.1) is 5.92 Å². The first-order valence-corrected chi connectivity index (χ1v) is 10.9. The summed E-state index contributed by atoms with van der Waals surface area (Å²) in [7, 11) is -4.44. The zero-order chi connectivity index (χ0) is 21.3. The van der Waals surface area contributed by atoms with Crippen molar-refractivity contribution in [1.29, 1.82) is 0 Å². The highest BCUT2D eigenvalue weighted by Gasteiger charge is 2.51. The third-order valence-electron chi connectivity index (χ3n) is 4.55. The zero-order valence-corrected chi connectivity index (χ0v) is 17.6. The summed E-state index contributed by atoms with van der Waals surface area (Å²) in [5.41, 5.74) is 0.431. The van der Waals surface area contributed by atoms with E-state index in [0.29, 0.717) is 12.0 Å². The van der Waals surface area contributed by atoms with Crippen LogP contribution in [-0.2, 0) is 21.1 Å². The maximum Gasteiger partial charge on any atom is 0.338 e. The Balaban J connectivity index is 0.00000450. The van der Waals surface area contributed by atoms with E-state index in [1.807, 2.05) is 0 Å². The van der Waals surface area contributed by atoms with Gasteiger partial charge in [0.2, 0.25) is 14.6 Å². The number of aromatic nitrogens is 1. The Morgan fingerprint density at radius 2 is 1.87 bits per heavy atom. The van der Waals surface area contributed by atoms with Crippen molar-refractivity contribution in [2.75, 3.05) is 0 Å². The average molecular weight is 436 g/mol. The number of benzene rings is 1. The summed E-state index contributed by atoms with van der Waals surface area (Å²) in [5.74, 6) is 3.15. The van der Waals surface area contributed by atoms with Gasteiger partial charge in [0.1, 0.15) is 5.82 Å². The van der Waals surface area contributed by atoms with Gasteiger partial charge in [0.15, 0.2) is 0 Å². The number of rotatable bonds is 9. The van der Waals surface area contributed by atoms with E-state index >= 15 is 0 Å². The molecule has 30 heavy (non-hydrogen) atoms. The molecule has 0 bridgehead atoms. The Hall–Kier alpha value is -2.76. The first-order chi connectivity index (χ1) is 13.8. The monoisotopic (exact) mass is 435 g/mol. The highest BCUT2D eigenvalue weighted by atomic mass is 32.2. The highest BCUT2D eigenvalue weighted by Crippen LogP contribution is 2.30. The lowest BCUT2D eigenvalue weighted by atomic mass is 9.99. The molecular formula is C22H26FNO5S. The number of unbranched alkanes of at least 4 members (excludes halogenated alkanes) is 4. The van der Waals surface area contributed by atoms with Gasteiger partial charge in [0, 0.05) is 25.2 Å². The number of carbonyl (C=O) groups is 1. The summed E-state index contributed by atoms with van der Waals surface area (Å²) in [4.78, 5) is 16.0. The van der Waals surface area contributed by atoms with Crippen molar-refractivity contribution in [3.8, 4) is 11.8 Å². The first-order valence-electron chi connectivity index (χ1n) is 9.46. The molecule has 6 nitrogen and oxygen atoms in total. The maximum atomic E-state index is 13.4. The molecule has 0 aliphatic heterocycles. The molecule has 3 N–H and O–H groups in total. The van der Waals surface area contributed by atoms with Gasteiger partial charge in [-0.25, -0.2) is 17.6 Å². The lowest BCUT2D eigenvalue weighted by Crippen LogP contribution is -2.47. The predicted octanol–water partition coefficient (Wildman–Crippen LogP) is 3.21. The SMILES string of the molecule is CCCCCCC#CC(Cc1cccnc1)(C(=O)O)S(=O)(=O)c1ccc(F)cc1.O. The van der Waals surface area contributed by atoms with Crippen molar-refractivity contribution in [1.82, 2.24) is 4.98 Å². The molecule has 1 aromatic carbocycles. The third kappa shape index (κ3) is 5.88. The average Bonchev–Trinajstić information content (AvgIpc) is 2.70. The number of carboxylic acids is 1. The lowest BCUT2D eigenvalue weighted by molar-refractivity contribution is -0.138. The fraction of sp³-hybridized carbons (Fsp3) is 0.364. The fourth-order valence-corrected chi connectivity index (χ4v) is 4.59. The molecule has 0 amide bonds. The summed E-state index contributed by atoms with van der Waals surface area (Å²) in [6, 6.07) is 7.31. The molecule has 8 heteroatoms. The molecular weight excluding hydrogens is 409 g/mol. The largest absolute Gasteiger partial charge is 0.479 e. The van der Waals surface area contributed by atoms with Crippen LogP contribution in [0, 0.1) is 17.7 Å². The van der Waals surface area contributed by atoms with E-state index in [9.17, 15) is 22.7 Å². The van der Waals surface area contributed by atoms with Gasteiger partial charge in [-0.2, -0.15) is 0 Å². The van der Waals surface area contributed by atoms with Gasteiger partial charge >= 0.3 is 5.97 Å². The number of sulfone groups is 1. The minimum Gasteiger partial charge on any atom is -0.479 e. The Morgan fingerprint density at radius 3 is 2.43 bits per heavy atom. The van der Waals surface area contributed by atoms with E-state index in [2.05, 4.69) is 23.7 Å². The second kappa shape index (κ2) is 11.4. The minimum absolute atomic E-state index is 0. The topological polar surface area (TPSA) is 116 Å². The van der Waals surface area contributed by atoms with E-state index in [1.54, 1.807) is 12.1 Å². The Kier molecular flexibility index (Phi) is 9.63. The Labute approximate surface area is 176 Å². The molecule has 0 fully saturated rings. The van der Waals surface area contributed by atoms with Crippen LogP contribution in [0.5, 0.6) is 0 Å². The van der Waals surface area contributed by atoms with Crippen LogP contribution in [-0.4, -0.2) is 34.7 Å². The van der Waals surface area contributed by atoms with E-state index in [-0.39, 0.29) is 16.8 Å². The number of carboxylic acid groups (broad SMARTS) is 1. The van der Waals surface area contributed by atoms with E-state index in [4.69, 9.17) is 0 Å². The molecule has 162 valence electrons. The molecule has 0 aliphatic carbocycles. The predicted molar refractivity (Wildman–Crippen MR) is 112 cm³/mol. The molecule has 1 atom stereocenters. The smallest absolute Gasteiger partial charge is 0.338 e. The molecule has 1 unspecified atom stereocenters. The maximum absolute atomic E-state index is 13.4. The van der Waals surface area contributed by atoms with E-state index in [0.717, 1.165) is 49.9 Å². The second-order valence-corrected chi connectivity index (χ2v) is 8.92. The van der Waals surface area contributed by atoms with Crippen molar-refractivity contribution < 1.29 is 28.2 Å². The molecule has 0 radical (unpaired) electrons. The van der Waals surface area contributed by atoms with Crippen LogP contribution in [0.25, 0.3) is 0 Å². The summed E-state index contributed by atoms with van der Waals surface area (Å²) in [6.45, 7) is 2.07. The van der Waals surface area contributed by atoms with E-state index < -0.39 is 26.4 Å². The summed E-state index contributed by atoms with van der Waals surface area (Å²) < 4.78 is 37.6.